The van der Waals surface area contributed by atoms with Crippen molar-refractivity contribution in [1.29, 1.82) is 0 Å². The van der Waals surface area contributed by atoms with E-state index < -0.39 is 5.82 Å². The minimum atomic E-state index is -0.466. The third-order valence-electron chi connectivity index (χ3n) is 4.08. The second-order valence-electron chi connectivity index (χ2n) is 5.48. The number of ketones is 1. The summed E-state index contributed by atoms with van der Waals surface area (Å²) in [7, 11) is 0. The minimum Gasteiger partial charge on any atom is -0.330 e. The lowest BCUT2D eigenvalue weighted by Gasteiger charge is -2.11. The van der Waals surface area contributed by atoms with Crippen LogP contribution in [0.25, 0.3) is 10.8 Å². The van der Waals surface area contributed by atoms with Crippen LogP contribution in [0.1, 0.15) is 27.0 Å². The largest absolute Gasteiger partial charge is 0.330 e. The first-order chi connectivity index (χ1) is 11.1. The van der Waals surface area contributed by atoms with Gasteiger partial charge in [0.15, 0.2) is 5.78 Å². The first kappa shape index (κ1) is 15.3. The van der Waals surface area contributed by atoms with E-state index in [-0.39, 0.29) is 11.3 Å². The summed E-state index contributed by atoms with van der Waals surface area (Å²) in [5.41, 5.74) is 7.43. The first-order valence-corrected chi connectivity index (χ1v) is 7.49. The van der Waals surface area contributed by atoms with Gasteiger partial charge < -0.3 is 5.73 Å². The van der Waals surface area contributed by atoms with Gasteiger partial charge in [0, 0.05) is 23.3 Å². The number of aromatic nitrogens is 1. The topological polar surface area (TPSA) is 56.0 Å². The van der Waals surface area contributed by atoms with Gasteiger partial charge in [-0.25, -0.2) is 4.39 Å². The van der Waals surface area contributed by atoms with Crippen molar-refractivity contribution in [2.24, 2.45) is 5.73 Å². The Hall–Kier alpha value is -2.59. The maximum absolute atomic E-state index is 14.6. The van der Waals surface area contributed by atoms with Gasteiger partial charge in [-0.05, 0) is 48.5 Å². The molecule has 0 saturated heterocycles. The number of carbonyl (C=O) groups is 1. The molecule has 2 aromatic carbocycles. The van der Waals surface area contributed by atoms with Crippen molar-refractivity contribution in [2.45, 2.75) is 13.3 Å². The summed E-state index contributed by atoms with van der Waals surface area (Å²) in [6.45, 7) is 2.13. The summed E-state index contributed by atoms with van der Waals surface area (Å²) < 4.78 is 14.6. The molecule has 3 aromatic rings. The van der Waals surface area contributed by atoms with Gasteiger partial charge in [-0.1, -0.05) is 24.3 Å². The smallest absolute Gasteiger partial charge is 0.196 e. The van der Waals surface area contributed by atoms with E-state index in [9.17, 15) is 9.18 Å². The molecule has 2 N–H and O–H groups in total. The van der Waals surface area contributed by atoms with Crippen molar-refractivity contribution in [1.82, 2.24) is 4.98 Å². The lowest BCUT2D eigenvalue weighted by atomic mass is 9.94. The van der Waals surface area contributed by atoms with Crippen LogP contribution in [-0.4, -0.2) is 17.3 Å². The summed E-state index contributed by atoms with van der Waals surface area (Å²) in [4.78, 5) is 16.9. The van der Waals surface area contributed by atoms with E-state index in [0.717, 1.165) is 16.3 Å². The van der Waals surface area contributed by atoms with E-state index in [1.165, 1.54) is 0 Å². The summed E-state index contributed by atoms with van der Waals surface area (Å²) in [6.07, 6.45) is 3.92. The zero-order valence-corrected chi connectivity index (χ0v) is 12.8. The van der Waals surface area contributed by atoms with Crippen LogP contribution in [0.2, 0.25) is 0 Å². The molecule has 0 saturated carbocycles. The Morgan fingerprint density at radius 3 is 2.78 bits per heavy atom. The van der Waals surface area contributed by atoms with Gasteiger partial charge in [0.2, 0.25) is 0 Å². The Labute approximate surface area is 134 Å². The molecule has 116 valence electrons. The molecule has 23 heavy (non-hydrogen) atoms. The van der Waals surface area contributed by atoms with Crippen LogP contribution in [0.3, 0.4) is 0 Å². The number of benzene rings is 2. The predicted molar refractivity (Wildman–Crippen MR) is 89.1 cm³/mol. The predicted octanol–water partition coefficient (Wildman–Crippen LogP) is 3.41. The highest BCUT2D eigenvalue weighted by atomic mass is 19.1. The van der Waals surface area contributed by atoms with E-state index in [4.69, 9.17) is 5.73 Å². The van der Waals surface area contributed by atoms with Crippen LogP contribution in [0.4, 0.5) is 4.39 Å². The van der Waals surface area contributed by atoms with E-state index in [1.54, 1.807) is 49.6 Å². The number of halogens is 1. The normalized spacial score (nSPS) is 10.9. The maximum atomic E-state index is 14.6. The second-order valence-corrected chi connectivity index (χ2v) is 5.48. The molecule has 0 radical (unpaired) electrons. The Bertz CT molecular complexity index is 884. The van der Waals surface area contributed by atoms with Gasteiger partial charge in [-0.3, -0.25) is 9.78 Å². The number of fused-ring (bicyclic) bond motifs is 1. The molecule has 1 heterocycles. The fraction of sp³-hybridized carbons (Fsp3) is 0.158. The Morgan fingerprint density at radius 2 is 2.00 bits per heavy atom. The van der Waals surface area contributed by atoms with E-state index in [0.29, 0.717) is 24.1 Å². The average molecular weight is 308 g/mol. The molecular formula is C19H17FN2O. The fourth-order valence-electron chi connectivity index (χ4n) is 2.79. The molecule has 1 aromatic heterocycles. The van der Waals surface area contributed by atoms with Crippen LogP contribution >= 0.6 is 0 Å². The lowest BCUT2D eigenvalue weighted by Crippen LogP contribution is -2.10. The SMILES string of the molecule is Cc1c(CCN)ccc(C(=O)c2cccc3cnccc23)c1F. The second kappa shape index (κ2) is 6.26. The number of nitrogens with zero attached hydrogens (tertiary/aromatic N) is 1. The number of nitrogens with two attached hydrogens (primary N) is 1. The van der Waals surface area contributed by atoms with Crippen molar-refractivity contribution in [3.63, 3.8) is 0 Å². The van der Waals surface area contributed by atoms with E-state index in [1.807, 2.05) is 6.07 Å². The molecule has 3 rings (SSSR count). The molecule has 0 bridgehead atoms. The monoisotopic (exact) mass is 308 g/mol. The standard InChI is InChI=1S/C19H17FN2O/c1-12-13(7-9-21)5-6-17(18(12)20)19(23)16-4-2-3-14-11-22-10-8-15(14)16/h2-6,8,10-11H,7,9,21H2,1H3. The molecular weight excluding hydrogens is 291 g/mol. The van der Waals surface area contributed by atoms with Crippen LogP contribution in [0, 0.1) is 12.7 Å². The van der Waals surface area contributed by atoms with Gasteiger partial charge in [-0.15, -0.1) is 0 Å². The van der Waals surface area contributed by atoms with Crippen LogP contribution in [0.15, 0.2) is 48.8 Å². The van der Waals surface area contributed by atoms with E-state index >= 15 is 0 Å². The number of pyridine rings is 1. The Morgan fingerprint density at radius 1 is 1.17 bits per heavy atom. The number of carbonyl (C=O) groups excluding carboxylic acids is 1. The van der Waals surface area contributed by atoms with Gasteiger partial charge in [-0.2, -0.15) is 0 Å². The summed E-state index contributed by atoms with van der Waals surface area (Å²) in [5.74, 6) is -0.784. The summed E-state index contributed by atoms with van der Waals surface area (Å²) in [6, 6.07) is 10.5. The third-order valence-corrected chi connectivity index (χ3v) is 4.08. The summed E-state index contributed by atoms with van der Waals surface area (Å²) in [5, 5.41) is 1.63. The van der Waals surface area contributed by atoms with Crippen LogP contribution in [0.5, 0.6) is 0 Å². The van der Waals surface area contributed by atoms with Crippen molar-refractivity contribution >= 4 is 16.6 Å². The average Bonchev–Trinajstić information content (AvgIpc) is 2.58. The first-order valence-electron chi connectivity index (χ1n) is 7.49. The van der Waals surface area contributed by atoms with Crippen molar-refractivity contribution < 1.29 is 9.18 Å². The van der Waals surface area contributed by atoms with Gasteiger partial charge in [0.05, 0.1) is 5.56 Å². The van der Waals surface area contributed by atoms with Crippen LogP contribution in [-0.2, 0) is 6.42 Å². The maximum Gasteiger partial charge on any atom is 0.196 e. The van der Waals surface area contributed by atoms with Gasteiger partial charge in [0.1, 0.15) is 5.82 Å². The fourth-order valence-corrected chi connectivity index (χ4v) is 2.79. The van der Waals surface area contributed by atoms with Crippen molar-refractivity contribution in [3.05, 3.63) is 76.9 Å². The minimum absolute atomic E-state index is 0.0904. The lowest BCUT2D eigenvalue weighted by molar-refractivity contribution is 0.103. The molecule has 0 unspecified atom stereocenters. The molecule has 0 amide bonds. The van der Waals surface area contributed by atoms with Crippen molar-refractivity contribution in [3.8, 4) is 0 Å². The molecule has 0 aliphatic rings. The zero-order valence-electron chi connectivity index (χ0n) is 12.8. The quantitative estimate of drug-likeness (QED) is 0.751. The van der Waals surface area contributed by atoms with Crippen molar-refractivity contribution in [2.75, 3.05) is 6.54 Å². The molecule has 0 spiro atoms. The van der Waals surface area contributed by atoms with E-state index in [2.05, 4.69) is 4.98 Å². The molecule has 4 heteroatoms. The number of hydrogen-bond donors (Lipinski definition) is 1. The molecule has 3 nitrogen and oxygen atoms in total. The van der Waals surface area contributed by atoms with Crippen LogP contribution < -0.4 is 5.73 Å². The van der Waals surface area contributed by atoms with Gasteiger partial charge >= 0.3 is 0 Å². The van der Waals surface area contributed by atoms with Gasteiger partial charge in [0.25, 0.3) is 0 Å². The highest BCUT2D eigenvalue weighted by molar-refractivity contribution is 6.16. The molecule has 0 aliphatic carbocycles. The molecule has 0 aliphatic heterocycles. The highest BCUT2D eigenvalue weighted by Gasteiger charge is 2.19. The Balaban J connectivity index is 2.11. The zero-order chi connectivity index (χ0) is 16.4. The molecule has 0 atom stereocenters. The highest BCUT2D eigenvalue weighted by Crippen LogP contribution is 2.24. The number of rotatable bonds is 4. The Kier molecular flexibility index (Phi) is 4.17. The third kappa shape index (κ3) is 2.73. The number of hydrogen-bond acceptors (Lipinski definition) is 3. The molecule has 0 fully saturated rings. The summed E-state index contributed by atoms with van der Waals surface area (Å²) >= 11 is 0.